The third kappa shape index (κ3) is 4.29. The molecule has 2 nitrogen and oxygen atoms in total. The molecule has 1 saturated heterocycles. The largest absolute Gasteiger partial charge is 0.317 e. The van der Waals surface area contributed by atoms with Crippen molar-refractivity contribution in [2.24, 2.45) is 5.92 Å². The first-order chi connectivity index (χ1) is 9.16. The van der Waals surface area contributed by atoms with Gasteiger partial charge in [-0.3, -0.25) is 0 Å². The average molecular weight is 264 g/mol. The summed E-state index contributed by atoms with van der Waals surface area (Å²) in [5, 5.41) is 7.21. The maximum Gasteiger partial charge on any atom is 0.123 e. The topological polar surface area (TPSA) is 24.1 Å². The molecule has 0 amide bonds. The highest BCUT2D eigenvalue weighted by Crippen LogP contribution is 2.24. The van der Waals surface area contributed by atoms with Crippen LogP contribution in [-0.4, -0.2) is 19.1 Å². The van der Waals surface area contributed by atoms with Gasteiger partial charge in [-0.1, -0.05) is 26.0 Å². The second-order valence-corrected chi connectivity index (χ2v) is 5.82. The molecule has 1 aliphatic heterocycles. The monoisotopic (exact) mass is 264 g/mol. The molecule has 19 heavy (non-hydrogen) atoms. The third-order valence-corrected chi connectivity index (χ3v) is 3.89. The lowest BCUT2D eigenvalue weighted by Crippen LogP contribution is -2.36. The first kappa shape index (κ1) is 14.5. The van der Waals surface area contributed by atoms with E-state index >= 15 is 0 Å². The standard InChI is InChI=1S/C16H25FN2/c1-12(2)16(13-5-7-14(17)8-6-13)19-15-4-3-10-18-11-9-15/h5-8,12,15-16,18-19H,3-4,9-11H2,1-2H3. The number of rotatable bonds is 4. The lowest BCUT2D eigenvalue weighted by molar-refractivity contribution is 0.341. The Kier molecular flexibility index (Phi) is 5.34. The Morgan fingerprint density at radius 1 is 1.16 bits per heavy atom. The molecule has 0 spiro atoms. The molecule has 0 bridgehead atoms. The van der Waals surface area contributed by atoms with Crippen LogP contribution >= 0.6 is 0 Å². The number of hydrogen-bond donors (Lipinski definition) is 2. The van der Waals surface area contributed by atoms with Crippen molar-refractivity contribution in [3.63, 3.8) is 0 Å². The molecule has 2 rings (SSSR count). The molecular formula is C16H25FN2. The van der Waals surface area contributed by atoms with Crippen LogP contribution in [0.4, 0.5) is 4.39 Å². The minimum atomic E-state index is -0.162. The zero-order chi connectivity index (χ0) is 13.7. The Balaban J connectivity index is 2.04. The van der Waals surface area contributed by atoms with Crippen LogP contribution in [0.25, 0.3) is 0 Å². The quantitative estimate of drug-likeness (QED) is 0.872. The van der Waals surface area contributed by atoms with Gasteiger partial charge in [-0.05, 0) is 56.0 Å². The summed E-state index contributed by atoms with van der Waals surface area (Å²) in [5.41, 5.74) is 1.19. The highest BCUT2D eigenvalue weighted by Gasteiger charge is 2.20. The van der Waals surface area contributed by atoms with Gasteiger partial charge >= 0.3 is 0 Å². The highest BCUT2D eigenvalue weighted by atomic mass is 19.1. The molecule has 2 N–H and O–H groups in total. The Bertz CT molecular complexity index is 367. The lowest BCUT2D eigenvalue weighted by Gasteiger charge is -2.28. The van der Waals surface area contributed by atoms with Crippen molar-refractivity contribution in [2.75, 3.05) is 13.1 Å². The van der Waals surface area contributed by atoms with Gasteiger partial charge < -0.3 is 10.6 Å². The van der Waals surface area contributed by atoms with E-state index in [0.29, 0.717) is 18.0 Å². The SMILES string of the molecule is CC(C)C(NC1CCCNCC1)c1ccc(F)cc1. The van der Waals surface area contributed by atoms with Gasteiger partial charge in [0.25, 0.3) is 0 Å². The van der Waals surface area contributed by atoms with Crippen molar-refractivity contribution in [2.45, 2.75) is 45.2 Å². The van der Waals surface area contributed by atoms with E-state index in [-0.39, 0.29) is 5.82 Å². The normalized spacial score (nSPS) is 22.2. The molecule has 106 valence electrons. The third-order valence-electron chi connectivity index (χ3n) is 3.89. The molecule has 0 aromatic heterocycles. The summed E-state index contributed by atoms with van der Waals surface area (Å²) < 4.78 is 13.0. The molecule has 1 heterocycles. The average Bonchev–Trinajstić information content (AvgIpc) is 2.65. The molecule has 1 aromatic rings. The summed E-state index contributed by atoms with van der Waals surface area (Å²) in [5.74, 6) is 0.339. The minimum Gasteiger partial charge on any atom is -0.317 e. The van der Waals surface area contributed by atoms with Crippen LogP contribution in [0.1, 0.15) is 44.7 Å². The molecule has 2 unspecified atom stereocenters. The summed E-state index contributed by atoms with van der Waals surface area (Å²) >= 11 is 0. The van der Waals surface area contributed by atoms with E-state index in [1.54, 1.807) is 12.1 Å². The lowest BCUT2D eigenvalue weighted by atomic mass is 9.94. The maximum absolute atomic E-state index is 13.0. The highest BCUT2D eigenvalue weighted by molar-refractivity contribution is 5.20. The van der Waals surface area contributed by atoms with Crippen LogP contribution < -0.4 is 10.6 Å². The molecule has 1 aromatic carbocycles. The Morgan fingerprint density at radius 2 is 1.89 bits per heavy atom. The second kappa shape index (κ2) is 7.01. The molecular weight excluding hydrogens is 239 g/mol. The fraction of sp³-hybridized carbons (Fsp3) is 0.625. The molecule has 1 fully saturated rings. The van der Waals surface area contributed by atoms with Gasteiger partial charge in [0.2, 0.25) is 0 Å². The smallest absolute Gasteiger partial charge is 0.123 e. The van der Waals surface area contributed by atoms with Crippen LogP contribution in [0, 0.1) is 11.7 Å². The van der Waals surface area contributed by atoms with Crippen molar-refractivity contribution >= 4 is 0 Å². The zero-order valence-corrected chi connectivity index (χ0v) is 12.0. The van der Waals surface area contributed by atoms with Crippen LogP contribution in [0.2, 0.25) is 0 Å². The van der Waals surface area contributed by atoms with E-state index in [0.717, 1.165) is 13.1 Å². The van der Waals surface area contributed by atoms with Crippen LogP contribution in [0.3, 0.4) is 0 Å². The van der Waals surface area contributed by atoms with Gasteiger partial charge in [0.1, 0.15) is 5.82 Å². The first-order valence-corrected chi connectivity index (χ1v) is 7.39. The zero-order valence-electron chi connectivity index (χ0n) is 12.0. The Morgan fingerprint density at radius 3 is 2.58 bits per heavy atom. The molecule has 0 saturated carbocycles. The second-order valence-electron chi connectivity index (χ2n) is 5.82. The van der Waals surface area contributed by atoms with Crippen molar-refractivity contribution in [3.8, 4) is 0 Å². The van der Waals surface area contributed by atoms with Gasteiger partial charge in [0.05, 0.1) is 0 Å². The Labute approximate surface area is 115 Å². The van der Waals surface area contributed by atoms with Crippen LogP contribution in [0.15, 0.2) is 24.3 Å². The summed E-state index contributed by atoms with van der Waals surface area (Å²) in [7, 11) is 0. The van der Waals surface area contributed by atoms with Gasteiger partial charge in [-0.15, -0.1) is 0 Å². The first-order valence-electron chi connectivity index (χ1n) is 7.39. The van der Waals surface area contributed by atoms with E-state index in [1.165, 1.54) is 24.8 Å². The van der Waals surface area contributed by atoms with Gasteiger partial charge in [-0.2, -0.15) is 0 Å². The summed E-state index contributed by atoms with van der Waals surface area (Å²) in [6, 6.07) is 7.79. The number of nitrogens with one attached hydrogen (secondary N) is 2. The van der Waals surface area contributed by atoms with E-state index in [1.807, 2.05) is 12.1 Å². The number of benzene rings is 1. The fourth-order valence-corrected chi connectivity index (χ4v) is 2.78. The predicted octanol–water partition coefficient (Wildman–Crippen LogP) is 3.25. The van der Waals surface area contributed by atoms with Crippen LogP contribution in [0.5, 0.6) is 0 Å². The van der Waals surface area contributed by atoms with Gasteiger partial charge in [-0.25, -0.2) is 4.39 Å². The maximum atomic E-state index is 13.0. The summed E-state index contributed by atoms with van der Waals surface area (Å²) in [6.07, 6.45) is 3.62. The molecule has 0 radical (unpaired) electrons. The number of halogens is 1. The van der Waals surface area contributed by atoms with Crippen molar-refractivity contribution in [1.82, 2.24) is 10.6 Å². The number of hydrogen-bond acceptors (Lipinski definition) is 2. The van der Waals surface area contributed by atoms with E-state index in [2.05, 4.69) is 24.5 Å². The van der Waals surface area contributed by atoms with E-state index in [4.69, 9.17) is 0 Å². The summed E-state index contributed by atoms with van der Waals surface area (Å²) in [4.78, 5) is 0. The predicted molar refractivity (Wildman–Crippen MR) is 77.6 cm³/mol. The molecule has 2 atom stereocenters. The van der Waals surface area contributed by atoms with Gasteiger partial charge in [0, 0.05) is 12.1 Å². The minimum absolute atomic E-state index is 0.162. The van der Waals surface area contributed by atoms with Crippen molar-refractivity contribution in [1.29, 1.82) is 0 Å². The molecule has 1 aliphatic rings. The summed E-state index contributed by atoms with van der Waals surface area (Å²) in [6.45, 7) is 6.65. The Hall–Kier alpha value is -0.930. The van der Waals surface area contributed by atoms with Gasteiger partial charge in [0.15, 0.2) is 0 Å². The van der Waals surface area contributed by atoms with Crippen LogP contribution in [-0.2, 0) is 0 Å². The molecule has 3 heteroatoms. The van der Waals surface area contributed by atoms with E-state index < -0.39 is 0 Å². The van der Waals surface area contributed by atoms with Crippen molar-refractivity contribution in [3.05, 3.63) is 35.6 Å². The molecule has 0 aliphatic carbocycles. The van der Waals surface area contributed by atoms with Crippen molar-refractivity contribution < 1.29 is 4.39 Å². The fourth-order valence-electron chi connectivity index (χ4n) is 2.78. The van der Waals surface area contributed by atoms with E-state index in [9.17, 15) is 4.39 Å².